The van der Waals surface area contributed by atoms with Gasteiger partial charge in [0.15, 0.2) is 0 Å². The van der Waals surface area contributed by atoms with Gasteiger partial charge in [0.25, 0.3) is 5.91 Å². The molecule has 1 rings (SSSR count). The summed E-state index contributed by atoms with van der Waals surface area (Å²) in [5, 5.41) is 5.14. The van der Waals surface area contributed by atoms with Crippen molar-refractivity contribution in [2.45, 2.75) is 13.3 Å². The van der Waals surface area contributed by atoms with Crippen LogP contribution in [0.1, 0.15) is 22.3 Å². The van der Waals surface area contributed by atoms with Gasteiger partial charge in [-0.25, -0.2) is 0 Å². The molecule has 0 fully saturated rings. The number of benzene rings is 1. The molecule has 0 aromatic heterocycles. The summed E-state index contributed by atoms with van der Waals surface area (Å²) in [6.07, 6.45) is 0.267. The summed E-state index contributed by atoms with van der Waals surface area (Å²) in [4.78, 5) is 22.6. The predicted octanol–water partition coefficient (Wildman–Crippen LogP) is 0.443. The van der Waals surface area contributed by atoms with Crippen molar-refractivity contribution in [3.63, 3.8) is 0 Å². The van der Waals surface area contributed by atoms with Crippen LogP contribution in [-0.2, 0) is 4.79 Å². The summed E-state index contributed by atoms with van der Waals surface area (Å²) in [5.41, 5.74) is 7.74. The zero-order valence-electron chi connectivity index (χ0n) is 10.0. The Balaban J connectivity index is 2.52. The average molecular weight is 235 g/mol. The Morgan fingerprint density at radius 2 is 2.06 bits per heavy atom. The van der Waals surface area contributed by atoms with Gasteiger partial charge in [0.2, 0.25) is 5.91 Å². The highest BCUT2D eigenvalue weighted by Gasteiger charge is 2.07. The van der Waals surface area contributed by atoms with Crippen LogP contribution in [-0.4, -0.2) is 25.4 Å². The number of carbonyl (C=O) groups excluding carboxylic acids is 2. The first-order valence-electron chi connectivity index (χ1n) is 5.39. The molecule has 0 unspecified atom stereocenters. The molecule has 0 heterocycles. The molecule has 1 aromatic carbocycles. The second-order valence-corrected chi connectivity index (χ2v) is 3.75. The molecule has 0 saturated carbocycles. The highest BCUT2D eigenvalue weighted by Crippen LogP contribution is 2.12. The largest absolute Gasteiger partial charge is 0.398 e. The Labute approximate surface area is 100 Å². The van der Waals surface area contributed by atoms with Gasteiger partial charge in [0.1, 0.15) is 0 Å². The van der Waals surface area contributed by atoms with Gasteiger partial charge in [-0.15, -0.1) is 0 Å². The van der Waals surface area contributed by atoms with Crippen molar-refractivity contribution in [1.29, 1.82) is 0 Å². The van der Waals surface area contributed by atoms with E-state index < -0.39 is 0 Å². The maximum atomic E-state index is 11.7. The van der Waals surface area contributed by atoms with Crippen molar-refractivity contribution in [3.05, 3.63) is 29.3 Å². The second-order valence-electron chi connectivity index (χ2n) is 3.75. The van der Waals surface area contributed by atoms with E-state index in [9.17, 15) is 9.59 Å². The number of nitrogens with two attached hydrogens (primary N) is 1. The molecule has 4 N–H and O–H groups in total. The van der Waals surface area contributed by atoms with Crippen LogP contribution >= 0.6 is 0 Å². The van der Waals surface area contributed by atoms with E-state index >= 15 is 0 Å². The molecule has 0 aliphatic carbocycles. The smallest absolute Gasteiger partial charge is 0.251 e. The minimum absolute atomic E-state index is 0.103. The van der Waals surface area contributed by atoms with Crippen LogP contribution in [0.4, 0.5) is 5.69 Å². The summed E-state index contributed by atoms with van der Waals surface area (Å²) < 4.78 is 0. The maximum absolute atomic E-state index is 11.7. The molecular weight excluding hydrogens is 218 g/mol. The van der Waals surface area contributed by atoms with Gasteiger partial charge in [0.05, 0.1) is 0 Å². The minimum atomic E-state index is -0.222. The Morgan fingerprint density at radius 1 is 1.35 bits per heavy atom. The number of aryl methyl sites for hydroxylation is 1. The van der Waals surface area contributed by atoms with E-state index in [2.05, 4.69) is 10.6 Å². The molecule has 2 amide bonds. The molecule has 5 nitrogen and oxygen atoms in total. The quantitative estimate of drug-likeness (QED) is 0.662. The fourth-order valence-corrected chi connectivity index (χ4v) is 1.30. The molecule has 5 heteroatoms. The predicted molar refractivity (Wildman–Crippen MR) is 66.6 cm³/mol. The summed E-state index contributed by atoms with van der Waals surface area (Å²) in [5.74, 6) is -0.325. The van der Waals surface area contributed by atoms with Gasteiger partial charge in [-0.3, -0.25) is 9.59 Å². The first-order valence-corrected chi connectivity index (χ1v) is 5.39. The van der Waals surface area contributed by atoms with Gasteiger partial charge in [-0.05, 0) is 24.6 Å². The highest BCUT2D eigenvalue weighted by molar-refractivity contribution is 5.95. The second kappa shape index (κ2) is 5.89. The number of anilines is 1. The van der Waals surface area contributed by atoms with E-state index in [1.165, 1.54) is 0 Å². The lowest BCUT2D eigenvalue weighted by atomic mass is 10.1. The molecule has 0 aliphatic rings. The van der Waals surface area contributed by atoms with E-state index in [0.717, 1.165) is 5.56 Å². The Bertz CT molecular complexity index is 430. The Hall–Kier alpha value is -2.04. The van der Waals surface area contributed by atoms with E-state index in [1.54, 1.807) is 25.2 Å². The van der Waals surface area contributed by atoms with Crippen LogP contribution in [0.15, 0.2) is 18.2 Å². The third-order valence-corrected chi connectivity index (χ3v) is 2.46. The molecule has 0 radical (unpaired) electrons. The lowest BCUT2D eigenvalue weighted by Crippen LogP contribution is -2.29. The summed E-state index contributed by atoms with van der Waals surface area (Å²) in [7, 11) is 1.56. The van der Waals surface area contributed by atoms with Crippen LogP contribution in [0.5, 0.6) is 0 Å². The number of nitrogens with one attached hydrogen (secondary N) is 2. The number of rotatable bonds is 4. The first kappa shape index (κ1) is 13.0. The van der Waals surface area contributed by atoms with E-state index in [0.29, 0.717) is 17.8 Å². The van der Waals surface area contributed by atoms with Crippen LogP contribution < -0.4 is 16.4 Å². The minimum Gasteiger partial charge on any atom is -0.398 e. The van der Waals surface area contributed by atoms with Crippen molar-refractivity contribution in [2.75, 3.05) is 19.3 Å². The van der Waals surface area contributed by atoms with Gasteiger partial charge in [-0.2, -0.15) is 0 Å². The summed E-state index contributed by atoms with van der Waals surface area (Å²) >= 11 is 0. The third kappa shape index (κ3) is 3.79. The zero-order valence-corrected chi connectivity index (χ0v) is 10.0. The Morgan fingerprint density at radius 3 is 2.65 bits per heavy atom. The third-order valence-electron chi connectivity index (χ3n) is 2.46. The number of nitrogen functional groups attached to an aromatic ring is 1. The molecule has 17 heavy (non-hydrogen) atoms. The van der Waals surface area contributed by atoms with Crippen molar-refractivity contribution in [3.8, 4) is 0 Å². The molecule has 0 atom stereocenters. The molecular formula is C12H17N3O2. The van der Waals surface area contributed by atoms with E-state index in [1.807, 2.05) is 6.92 Å². The Kier molecular flexibility index (Phi) is 4.51. The number of carbonyl (C=O) groups is 2. The molecule has 0 bridgehead atoms. The molecule has 92 valence electrons. The number of hydrogen-bond donors (Lipinski definition) is 3. The average Bonchev–Trinajstić information content (AvgIpc) is 2.32. The molecule has 0 saturated heterocycles. The SMILES string of the molecule is CNC(=O)CCNC(=O)c1ccc(C)c(N)c1. The standard InChI is InChI=1S/C12H17N3O2/c1-8-3-4-9(7-10(8)13)12(17)15-6-5-11(16)14-2/h3-4,7H,5-6,13H2,1-2H3,(H,14,16)(H,15,17). The highest BCUT2D eigenvalue weighted by atomic mass is 16.2. The van der Waals surface area contributed by atoms with Gasteiger partial charge in [-0.1, -0.05) is 6.07 Å². The van der Waals surface area contributed by atoms with E-state index in [-0.39, 0.29) is 18.2 Å². The van der Waals surface area contributed by atoms with Crippen molar-refractivity contribution < 1.29 is 9.59 Å². The zero-order chi connectivity index (χ0) is 12.8. The van der Waals surface area contributed by atoms with E-state index in [4.69, 9.17) is 5.73 Å². The lowest BCUT2D eigenvalue weighted by molar-refractivity contribution is -0.120. The van der Waals surface area contributed by atoms with Crippen molar-refractivity contribution in [2.24, 2.45) is 0 Å². The fourth-order valence-electron chi connectivity index (χ4n) is 1.30. The van der Waals surface area contributed by atoms with Gasteiger partial charge in [0, 0.05) is 31.3 Å². The summed E-state index contributed by atoms with van der Waals surface area (Å²) in [6.45, 7) is 2.19. The van der Waals surface area contributed by atoms with Crippen LogP contribution in [0.2, 0.25) is 0 Å². The normalized spacial score (nSPS) is 9.76. The molecule has 0 aliphatic heterocycles. The molecule has 1 aromatic rings. The fraction of sp³-hybridized carbons (Fsp3) is 0.333. The van der Waals surface area contributed by atoms with Crippen LogP contribution in [0.3, 0.4) is 0 Å². The number of hydrogen-bond acceptors (Lipinski definition) is 3. The van der Waals surface area contributed by atoms with Gasteiger partial charge >= 0.3 is 0 Å². The van der Waals surface area contributed by atoms with Crippen LogP contribution in [0, 0.1) is 6.92 Å². The van der Waals surface area contributed by atoms with Crippen molar-refractivity contribution in [1.82, 2.24) is 10.6 Å². The lowest BCUT2D eigenvalue weighted by Gasteiger charge is -2.06. The number of amides is 2. The van der Waals surface area contributed by atoms with Gasteiger partial charge < -0.3 is 16.4 Å². The van der Waals surface area contributed by atoms with Crippen molar-refractivity contribution >= 4 is 17.5 Å². The first-order chi connectivity index (χ1) is 8.04. The topological polar surface area (TPSA) is 84.2 Å². The monoisotopic (exact) mass is 235 g/mol. The summed E-state index contributed by atoms with van der Waals surface area (Å²) in [6, 6.07) is 5.13. The molecule has 0 spiro atoms. The van der Waals surface area contributed by atoms with Crippen LogP contribution in [0.25, 0.3) is 0 Å². The maximum Gasteiger partial charge on any atom is 0.251 e.